The monoisotopic (exact) mass is 490 g/mol. The molecule has 0 unspecified atom stereocenters. The lowest BCUT2D eigenvalue weighted by molar-refractivity contribution is -0.137. The summed E-state index contributed by atoms with van der Waals surface area (Å²) in [5.41, 5.74) is 1.11. The fourth-order valence-corrected chi connectivity index (χ4v) is 3.31. The first-order valence-corrected chi connectivity index (χ1v) is 10.3. The zero-order valence-electron chi connectivity index (χ0n) is 17.2. The van der Waals surface area contributed by atoms with Crippen LogP contribution < -0.4 is 20.1 Å². The number of methoxy groups -OCH3 is 2. The average Bonchev–Trinajstić information content (AvgIpc) is 2.77. The number of halogens is 1. The summed E-state index contributed by atoms with van der Waals surface area (Å²) in [6, 6.07) is 11.8. The second-order valence-corrected chi connectivity index (χ2v) is 7.70. The molecule has 1 fully saturated rings. The number of nitrogens with one attached hydrogen (secondary N) is 2. The molecule has 0 atom stereocenters. The first-order chi connectivity index (χ1) is 14.9. The van der Waals surface area contributed by atoms with Gasteiger partial charge >= 0.3 is 6.03 Å². The third kappa shape index (κ3) is 5.88. The predicted octanol–water partition coefficient (Wildman–Crippen LogP) is 2.78. The number of carbonyl (C=O) groups excluding carboxylic acids is 3. The molecule has 0 aliphatic carbocycles. The lowest BCUT2D eigenvalue weighted by atomic mass is 10.2. The molecular weight excluding hydrogens is 468 g/mol. The van der Waals surface area contributed by atoms with Crippen LogP contribution in [0.1, 0.15) is 0 Å². The first kappa shape index (κ1) is 22.4. The highest BCUT2D eigenvalue weighted by atomic mass is 79.9. The zero-order chi connectivity index (χ0) is 22.4. The minimum Gasteiger partial charge on any atom is -0.497 e. The van der Waals surface area contributed by atoms with E-state index in [9.17, 15) is 14.4 Å². The van der Waals surface area contributed by atoms with E-state index in [1.54, 1.807) is 30.3 Å². The Hall–Kier alpha value is -3.27. The number of benzene rings is 2. The number of hydrogen-bond donors (Lipinski definition) is 2. The van der Waals surface area contributed by atoms with Crippen molar-refractivity contribution >= 4 is 45.2 Å². The van der Waals surface area contributed by atoms with Gasteiger partial charge in [-0.15, -0.1) is 0 Å². The average molecular weight is 491 g/mol. The minimum atomic E-state index is -0.359. The molecule has 0 aromatic heterocycles. The summed E-state index contributed by atoms with van der Waals surface area (Å²) >= 11 is 3.34. The fourth-order valence-electron chi connectivity index (χ4n) is 3.05. The molecule has 9 nitrogen and oxygen atoms in total. The molecule has 4 amide bonds. The molecule has 1 aliphatic heterocycles. The topological polar surface area (TPSA) is 100 Å². The largest absolute Gasteiger partial charge is 0.497 e. The van der Waals surface area contributed by atoms with E-state index in [1.165, 1.54) is 24.0 Å². The minimum absolute atomic E-state index is 0.0957. The van der Waals surface area contributed by atoms with E-state index in [4.69, 9.17) is 9.47 Å². The number of piperazine rings is 1. The zero-order valence-corrected chi connectivity index (χ0v) is 18.8. The number of nitrogens with zero attached hydrogens (tertiary/aromatic N) is 2. The third-order valence-corrected chi connectivity index (χ3v) is 5.25. The van der Waals surface area contributed by atoms with Crippen LogP contribution in [0.5, 0.6) is 11.5 Å². The van der Waals surface area contributed by atoms with Crippen LogP contribution in [0, 0.1) is 0 Å². The molecular formula is C21H23BrN4O5. The molecule has 2 aromatic rings. The highest BCUT2D eigenvalue weighted by Gasteiger charge is 2.28. The smallest absolute Gasteiger partial charge is 0.322 e. The van der Waals surface area contributed by atoms with Crippen molar-refractivity contribution in [1.82, 2.24) is 9.80 Å². The van der Waals surface area contributed by atoms with Crippen LogP contribution in [0.4, 0.5) is 16.2 Å². The number of urea groups is 1. The van der Waals surface area contributed by atoms with Gasteiger partial charge in [0.25, 0.3) is 0 Å². The summed E-state index contributed by atoms with van der Waals surface area (Å²) in [5.74, 6) is 0.398. The van der Waals surface area contributed by atoms with Crippen molar-refractivity contribution in [1.29, 1.82) is 0 Å². The third-order valence-electron chi connectivity index (χ3n) is 4.72. The molecule has 31 heavy (non-hydrogen) atoms. The Labute approximate surface area is 188 Å². The Morgan fingerprint density at radius 1 is 1.03 bits per heavy atom. The van der Waals surface area contributed by atoms with Crippen molar-refractivity contribution in [3.05, 3.63) is 46.9 Å². The maximum atomic E-state index is 12.5. The van der Waals surface area contributed by atoms with E-state index in [0.717, 1.165) is 4.47 Å². The molecule has 0 spiro atoms. The van der Waals surface area contributed by atoms with Crippen molar-refractivity contribution in [2.45, 2.75) is 0 Å². The second kappa shape index (κ2) is 10.2. The number of ether oxygens (including phenoxy) is 2. The molecule has 0 radical (unpaired) electrons. The summed E-state index contributed by atoms with van der Waals surface area (Å²) in [6.45, 7) is 0.380. The van der Waals surface area contributed by atoms with Crippen molar-refractivity contribution in [2.24, 2.45) is 0 Å². The van der Waals surface area contributed by atoms with E-state index in [-0.39, 0.29) is 37.5 Å². The van der Waals surface area contributed by atoms with Gasteiger partial charge in [0.1, 0.15) is 18.0 Å². The van der Waals surface area contributed by atoms with Gasteiger partial charge in [0, 0.05) is 29.3 Å². The van der Waals surface area contributed by atoms with Gasteiger partial charge in [0.2, 0.25) is 11.8 Å². The lowest BCUT2D eigenvalue weighted by Gasteiger charge is -2.33. The Morgan fingerprint density at radius 2 is 1.77 bits per heavy atom. The van der Waals surface area contributed by atoms with Crippen LogP contribution in [0.25, 0.3) is 0 Å². The molecule has 1 heterocycles. The number of amides is 4. The standard InChI is InChI=1S/C21H23BrN4O5/c1-30-16-7-8-17(18(11-16)31-2)24-19(27)12-25-9-10-26(13-20(25)28)21(29)23-15-5-3-14(22)4-6-15/h3-8,11H,9-10,12-13H2,1-2H3,(H,23,29)(H,24,27). The van der Waals surface area contributed by atoms with E-state index in [1.807, 2.05) is 12.1 Å². The van der Waals surface area contributed by atoms with Gasteiger partial charge in [-0.2, -0.15) is 0 Å². The van der Waals surface area contributed by atoms with Crippen LogP contribution >= 0.6 is 15.9 Å². The molecule has 3 rings (SSSR count). The molecule has 2 aromatic carbocycles. The van der Waals surface area contributed by atoms with Crippen molar-refractivity contribution in [3.63, 3.8) is 0 Å². The number of carbonyl (C=O) groups is 3. The number of hydrogen-bond acceptors (Lipinski definition) is 5. The number of rotatable bonds is 6. The first-order valence-electron chi connectivity index (χ1n) is 9.50. The van der Waals surface area contributed by atoms with Gasteiger partial charge in [-0.3, -0.25) is 9.59 Å². The summed E-state index contributed by atoms with van der Waals surface area (Å²) in [7, 11) is 3.03. The second-order valence-electron chi connectivity index (χ2n) is 6.79. The van der Waals surface area contributed by atoms with Gasteiger partial charge in [0.15, 0.2) is 0 Å². The van der Waals surface area contributed by atoms with E-state index >= 15 is 0 Å². The van der Waals surface area contributed by atoms with E-state index < -0.39 is 0 Å². The molecule has 0 saturated carbocycles. The van der Waals surface area contributed by atoms with Gasteiger partial charge in [-0.1, -0.05) is 15.9 Å². The quantitative estimate of drug-likeness (QED) is 0.648. The van der Waals surface area contributed by atoms with Crippen molar-refractivity contribution in [2.75, 3.05) is 51.0 Å². The Bertz CT molecular complexity index is 967. The van der Waals surface area contributed by atoms with Gasteiger partial charge < -0.3 is 29.9 Å². The predicted molar refractivity (Wildman–Crippen MR) is 119 cm³/mol. The molecule has 10 heteroatoms. The molecule has 2 N–H and O–H groups in total. The van der Waals surface area contributed by atoms with Crippen LogP contribution in [0.15, 0.2) is 46.9 Å². The summed E-state index contributed by atoms with van der Waals surface area (Å²) in [6.07, 6.45) is 0. The molecule has 0 bridgehead atoms. The number of anilines is 2. The SMILES string of the molecule is COc1ccc(NC(=O)CN2CCN(C(=O)Nc3ccc(Br)cc3)CC2=O)c(OC)c1. The highest BCUT2D eigenvalue weighted by molar-refractivity contribution is 9.10. The van der Waals surface area contributed by atoms with Crippen molar-refractivity contribution in [3.8, 4) is 11.5 Å². The molecule has 164 valence electrons. The van der Waals surface area contributed by atoms with Gasteiger partial charge in [0.05, 0.1) is 26.5 Å². The lowest BCUT2D eigenvalue weighted by Crippen LogP contribution is -2.54. The summed E-state index contributed by atoms with van der Waals surface area (Å²) in [5, 5.41) is 5.50. The van der Waals surface area contributed by atoms with Crippen LogP contribution in [-0.2, 0) is 9.59 Å². The van der Waals surface area contributed by atoms with Gasteiger partial charge in [-0.25, -0.2) is 4.79 Å². The van der Waals surface area contributed by atoms with E-state index in [2.05, 4.69) is 26.6 Å². The van der Waals surface area contributed by atoms with Crippen molar-refractivity contribution < 1.29 is 23.9 Å². The van der Waals surface area contributed by atoms with E-state index in [0.29, 0.717) is 29.4 Å². The van der Waals surface area contributed by atoms with Crippen LogP contribution in [0.3, 0.4) is 0 Å². The van der Waals surface area contributed by atoms with Crippen LogP contribution in [-0.4, -0.2) is 68.0 Å². The fraction of sp³-hybridized carbons (Fsp3) is 0.286. The highest BCUT2D eigenvalue weighted by Crippen LogP contribution is 2.29. The Balaban J connectivity index is 1.53. The summed E-state index contributed by atoms with van der Waals surface area (Å²) < 4.78 is 11.3. The van der Waals surface area contributed by atoms with Gasteiger partial charge in [-0.05, 0) is 36.4 Å². The Morgan fingerprint density at radius 3 is 2.42 bits per heavy atom. The van der Waals surface area contributed by atoms with Crippen LogP contribution in [0.2, 0.25) is 0 Å². The molecule has 1 aliphatic rings. The Kier molecular flexibility index (Phi) is 7.35. The maximum Gasteiger partial charge on any atom is 0.322 e. The maximum absolute atomic E-state index is 12.5. The molecule has 1 saturated heterocycles. The summed E-state index contributed by atoms with van der Waals surface area (Å²) in [4.78, 5) is 40.2. The normalized spacial score (nSPS) is 13.6.